The quantitative estimate of drug-likeness (QED) is 0.751. The molecule has 0 bridgehead atoms. The first-order chi connectivity index (χ1) is 10.2. The van der Waals surface area contributed by atoms with Crippen LogP contribution in [-0.2, 0) is 5.41 Å². The molecular weight excluding hydrogens is 256 g/mol. The molecule has 0 heterocycles. The molecule has 3 unspecified atom stereocenters. The number of aliphatic hydroxyl groups is 1. The van der Waals surface area contributed by atoms with Crippen molar-refractivity contribution in [3.8, 4) is 0 Å². The molecule has 1 aliphatic carbocycles. The maximum atomic E-state index is 11.3. The third-order valence-electron chi connectivity index (χ3n) is 6.07. The maximum absolute atomic E-state index is 11.3. The minimum absolute atomic E-state index is 0.0727. The van der Waals surface area contributed by atoms with Crippen LogP contribution in [0.1, 0.15) is 71.3 Å². The Morgan fingerprint density at radius 3 is 2.24 bits per heavy atom. The van der Waals surface area contributed by atoms with E-state index in [0.29, 0.717) is 11.8 Å². The zero-order chi connectivity index (χ0) is 15.3. The van der Waals surface area contributed by atoms with Gasteiger partial charge in [-0.05, 0) is 36.7 Å². The maximum Gasteiger partial charge on any atom is 0.0667 e. The number of hydrogen-bond donors (Lipinski definition) is 1. The van der Waals surface area contributed by atoms with Gasteiger partial charge in [0.15, 0.2) is 0 Å². The molecule has 0 radical (unpaired) electrons. The van der Waals surface area contributed by atoms with E-state index in [0.717, 1.165) is 12.8 Å². The zero-order valence-electron chi connectivity index (χ0n) is 14.0. The van der Waals surface area contributed by atoms with Crippen LogP contribution in [0.15, 0.2) is 30.3 Å². The van der Waals surface area contributed by atoms with Crippen LogP contribution in [0.25, 0.3) is 0 Å². The van der Waals surface area contributed by atoms with Gasteiger partial charge in [-0.15, -0.1) is 0 Å². The topological polar surface area (TPSA) is 20.2 Å². The second-order valence-corrected chi connectivity index (χ2v) is 6.79. The molecule has 2 rings (SSSR count). The lowest BCUT2D eigenvalue weighted by Gasteiger charge is -2.45. The molecule has 0 spiro atoms. The fraction of sp³-hybridized carbons (Fsp3) is 0.700. The van der Waals surface area contributed by atoms with Gasteiger partial charge in [0.05, 0.1) is 6.10 Å². The second-order valence-electron chi connectivity index (χ2n) is 6.79. The molecule has 0 amide bonds. The standard InChI is InChI=1S/C20H32O/c1-4-16-12-10-11-15-18(16)19(21)20(5-2,6-3)17-13-8-7-9-14-17/h7-9,13-14,16,18-19,21H,4-6,10-12,15H2,1-3H3. The van der Waals surface area contributed by atoms with Crippen molar-refractivity contribution in [1.82, 2.24) is 0 Å². The Labute approximate surface area is 130 Å². The van der Waals surface area contributed by atoms with Crippen molar-refractivity contribution >= 4 is 0 Å². The molecule has 0 aromatic heterocycles. The first-order valence-electron chi connectivity index (χ1n) is 8.93. The molecular formula is C20H32O. The summed E-state index contributed by atoms with van der Waals surface area (Å²) in [5.41, 5.74) is 1.25. The summed E-state index contributed by atoms with van der Waals surface area (Å²) in [6.07, 6.45) is 8.17. The molecule has 21 heavy (non-hydrogen) atoms. The van der Waals surface area contributed by atoms with Crippen molar-refractivity contribution in [2.45, 2.75) is 77.2 Å². The summed E-state index contributed by atoms with van der Waals surface area (Å²) in [6, 6.07) is 10.7. The lowest BCUT2D eigenvalue weighted by Crippen LogP contribution is -2.46. The molecule has 1 saturated carbocycles. The van der Waals surface area contributed by atoms with Crippen LogP contribution in [0.4, 0.5) is 0 Å². The lowest BCUT2D eigenvalue weighted by molar-refractivity contribution is -0.0182. The van der Waals surface area contributed by atoms with Crippen LogP contribution >= 0.6 is 0 Å². The Bertz CT molecular complexity index is 407. The largest absolute Gasteiger partial charge is 0.392 e. The molecule has 118 valence electrons. The van der Waals surface area contributed by atoms with Crippen LogP contribution in [0.3, 0.4) is 0 Å². The fourth-order valence-corrected chi connectivity index (χ4v) is 4.59. The summed E-state index contributed by atoms with van der Waals surface area (Å²) in [7, 11) is 0. The minimum Gasteiger partial charge on any atom is -0.392 e. The molecule has 1 nitrogen and oxygen atoms in total. The van der Waals surface area contributed by atoms with Crippen LogP contribution in [-0.4, -0.2) is 11.2 Å². The van der Waals surface area contributed by atoms with E-state index in [2.05, 4.69) is 51.1 Å². The van der Waals surface area contributed by atoms with Crippen molar-refractivity contribution in [3.05, 3.63) is 35.9 Å². The van der Waals surface area contributed by atoms with Gasteiger partial charge >= 0.3 is 0 Å². The lowest BCUT2D eigenvalue weighted by atomic mass is 9.62. The van der Waals surface area contributed by atoms with E-state index >= 15 is 0 Å². The van der Waals surface area contributed by atoms with Gasteiger partial charge in [-0.2, -0.15) is 0 Å². The molecule has 1 heteroatoms. The highest BCUT2D eigenvalue weighted by Crippen LogP contribution is 2.44. The molecule has 0 saturated heterocycles. The number of aliphatic hydroxyl groups excluding tert-OH is 1. The molecule has 1 aromatic carbocycles. The van der Waals surface area contributed by atoms with Gasteiger partial charge in [-0.3, -0.25) is 0 Å². The SMILES string of the molecule is CCC1CCCCC1C(O)C(CC)(CC)c1ccccc1. The first kappa shape index (κ1) is 16.5. The summed E-state index contributed by atoms with van der Waals surface area (Å²) in [4.78, 5) is 0. The van der Waals surface area contributed by atoms with E-state index < -0.39 is 0 Å². The minimum atomic E-state index is -0.208. The van der Waals surface area contributed by atoms with E-state index in [4.69, 9.17) is 0 Å². The number of rotatable bonds is 6. The van der Waals surface area contributed by atoms with Crippen molar-refractivity contribution in [3.63, 3.8) is 0 Å². The van der Waals surface area contributed by atoms with E-state index in [9.17, 15) is 5.11 Å². The third-order valence-corrected chi connectivity index (χ3v) is 6.07. The number of hydrogen-bond acceptors (Lipinski definition) is 1. The molecule has 1 N–H and O–H groups in total. The van der Waals surface area contributed by atoms with Crippen molar-refractivity contribution in [1.29, 1.82) is 0 Å². The smallest absolute Gasteiger partial charge is 0.0667 e. The molecule has 1 aliphatic rings. The second kappa shape index (κ2) is 7.45. The molecule has 3 atom stereocenters. The Morgan fingerprint density at radius 1 is 1.05 bits per heavy atom. The monoisotopic (exact) mass is 288 g/mol. The van der Waals surface area contributed by atoms with Gasteiger partial charge in [-0.1, -0.05) is 76.8 Å². The predicted molar refractivity (Wildman–Crippen MR) is 90.4 cm³/mol. The van der Waals surface area contributed by atoms with Crippen molar-refractivity contribution < 1.29 is 5.11 Å². The average Bonchev–Trinajstić information content (AvgIpc) is 2.57. The predicted octanol–water partition coefficient (Wildman–Crippen LogP) is 5.32. The summed E-state index contributed by atoms with van der Waals surface area (Å²) >= 11 is 0. The number of benzene rings is 1. The average molecular weight is 288 g/mol. The van der Waals surface area contributed by atoms with Gasteiger partial charge in [0, 0.05) is 5.41 Å². The zero-order valence-corrected chi connectivity index (χ0v) is 14.0. The normalized spacial score (nSPS) is 24.8. The van der Waals surface area contributed by atoms with Crippen molar-refractivity contribution in [2.75, 3.05) is 0 Å². The highest BCUT2D eigenvalue weighted by molar-refractivity contribution is 5.27. The van der Waals surface area contributed by atoms with Crippen LogP contribution < -0.4 is 0 Å². The molecule has 0 aliphatic heterocycles. The van der Waals surface area contributed by atoms with E-state index in [1.165, 1.54) is 37.7 Å². The highest BCUT2D eigenvalue weighted by Gasteiger charge is 2.43. The van der Waals surface area contributed by atoms with Gasteiger partial charge < -0.3 is 5.11 Å². The summed E-state index contributed by atoms with van der Waals surface area (Å²) in [6.45, 7) is 6.77. The Hall–Kier alpha value is -0.820. The summed E-state index contributed by atoms with van der Waals surface area (Å²) in [5.74, 6) is 1.18. The fourth-order valence-electron chi connectivity index (χ4n) is 4.59. The van der Waals surface area contributed by atoms with Crippen molar-refractivity contribution in [2.24, 2.45) is 11.8 Å². The van der Waals surface area contributed by atoms with Gasteiger partial charge in [0.2, 0.25) is 0 Å². The Kier molecular flexibility index (Phi) is 5.87. The summed E-state index contributed by atoms with van der Waals surface area (Å²) in [5, 5.41) is 11.3. The Balaban J connectivity index is 2.32. The van der Waals surface area contributed by atoms with Crippen LogP contribution in [0, 0.1) is 11.8 Å². The van der Waals surface area contributed by atoms with E-state index in [1.54, 1.807) is 0 Å². The third kappa shape index (κ3) is 3.18. The Morgan fingerprint density at radius 2 is 1.67 bits per heavy atom. The van der Waals surface area contributed by atoms with Crippen LogP contribution in [0.2, 0.25) is 0 Å². The highest BCUT2D eigenvalue weighted by atomic mass is 16.3. The summed E-state index contributed by atoms with van der Waals surface area (Å²) < 4.78 is 0. The van der Waals surface area contributed by atoms with Gasteiger partial charge in [0.1, 0.15) is 0 Å². The van der Waals surface area contributed by atoms with Gasteiger partial charge in [-0.25, -0.2) is 0 Å². The first-order valence-corrected chi connectivity index (χ1v) is 8.93. The van der Waals surface area contributed by atoms with Crippen LogP contribution in [0.5, 0.6) is 0 Å². The van der Waals surface area contributed by atoms with E-state index in [-0.39, 0.29) is 11.5 Å². The molecule has 1 fully saturated rings. The molecule has 1 aromatic rings. The van der Waals surface area contributed by atoms with E-state index in [1.807, 2.05) is 0 Å². The van der Waals surface area contributed by atoms with Gasteiger partial charge in [0.25, 0.3) is 0 Å².